The molecule has 1 aliphatic rings. The van der Waals surface area contributed by atoms with Crippen molar-refractivity contribution in [3.8, 4) is 0 Å². The minimum Gasteiger partial charge on any atom is -0.329 e. The number of H-pyrrole nitrogens is 1. The topological polar surface area (TPSA) is 58.9 Å². The number of hydrogen-bond donors (Lipinski definition) is 2. The number of nitrogens with one attached hydrogen (secondary N) is 1. The molecular formula is C8H10N2O. The van der Waals surface area contributed by atoms with Gasteiger partial charge in [-0.1, -0.05) is 0 Å². The predicted octanol–water partition coefficient (Wildman–Crippen LogP) is -0.199. The normalized spacial score (nSPS) is 21.7. The number of aromatic amines is 1. The Kier molecular flexibility index (Phi) is 1.32. The molecule has 0 saturated carbocycles. The third kappa shape index (κ3) is 0.973. The fourth-order valence-corrected chi connectivity index (χ4v) is 1.58. The van der Waals surface area contributed by atoms with Crippen LogP contribution in [0.25, 0.3) is 0 Å². The van der Waals surface area contributed by atoms with Gasteiger partial charge in [0.1, 0.15) is 0 Å². The van der Waals surface area contributed by atoms with Gasteiger partial charge in [-0.3, -0.25) is 4.79 Å². The second-order valence-corrected chi connectivity index (χ2v) is 2.98. The van der Waals surface area contributed by atoms with E-state index in [1.165, 1.54) is 0 Å². The van der Waals surface area contributed by atoms with E-state index in [-0.39, 0.29) is 11.6 Å². The van der Waals surface area contributed by atoms with Crippen molar-refractivity contribution in [2.24, 2.45) is 5.73 Å². The SMILES string of the molecule is N[C@H]1Cc2cc[nH]c(=O)c2C1. The van der Waals surface area contributed by atoms with Gasteiger partial charge in [0, 0.05) is 17.8 Å². The fourth-order valence-electron chi connectivity index (χ4n) is 1.58. The summed E-state index contributed by atoms with van der Waals surface area (Å²) in [5.41, 5.74) is 7.71. The van der Waals surface area contributed by atoms with Crippen LogP contribution in [0.15, 0.2) is 17.1 Å². The maximum absolute atomic E-state index is 11.1. The van der Waals surface area contributed by atoms with Gasteiger partial charge in [-0.05, 0) is 24.5 Å². The average molecular weight is 150 g/mol. The van der Waals surface area contributed by atoms with Crippen LogP contribution in [-0.2, 0) is 12.8 Å². The van der Waals surface area contributed by atoms with Crippen LogP contribution in [0.5, 0.6) is 0 Å². The van der Waals surface area contributed by atoms with Gasteiger partial charge in [-0.2, -0.15) is 0 Å². The molecule has 1 aromatic heterocycles. The molecule has 2 rings (SSSR count). The Balaban J connectivity index is 2.58. The van der Waals surface area contributed by atoms with Crippen LogP contribution in [0.3, 0.4) is 0 Å². The van der Waals surface area contributed by atoms with Crippen LogP contribution in [0, 0.1) is 0 Å². The highest BCUT2D eigenvalue weighted by molar-refractivity contribution is 5.30. The van der Waals surface area contributed by atoms with Gasteiger partial charge in [0.15, 0.2) is 0 Å². The second-order valence-electron chi connectivity index (χ2n) is 2.98. The summed E-state index contributed by atoms with van der Waals surface area (Å²) in [6, 6.07) is 2.08. The van der Waals surface area contributed by atoms with Crippen molar-refractivity contribution in [1.82, 2.24) is 4.98 Å². The van der Waals surface area contributed by atoms with Crippen LogP contribution in [0.2, 0.25) is 0 Å². The molecule has 11 heavy (non-hydrogen) atoms. The first-order valence-corrected chi connectivity index (χ1v) is 3.72. The molecule has 0 fully saturated rings. The Morgan fingerprint density at radius 2 is 2.36 bits per heavy atom. The summed E-state index contributed by atoms with van der Waals surface area (Å²) in [5, 5.41) is 0. The van der Waals surface area contributed by atoms with Crippen molar-refractivity contribution < 1.29 is 0 Å². The third-order valence-corrected chi connectivity index (χ3v) is 2.11. The van der Waals surface area contributed by atoms with Gasteiger partial charge in [-0.25, -0.2) is 0 Å². The number of nitrogens with two attached hydrogens (primary N) is 1. The fraction of sp³-hybridized carbons (Fsp3) is 0.375. The molecule has 0 unspecified atom stereocenters. The molecule has 3 nitrogen and oxygen atoms in total. The summed E-state index contributed by atoms with van der Waals surface area (Å²) in [7, 11) is 0. The van der Waals surface area contributed by atoms with E-state index in [1.807, 2.05) is 6.07 Å². The number of fused-ring (bicyclic) bond motifs is 1. The first-order valence-electron chi connectivity index (χ1n) is 3.72. The highest BCUT2D eigenvalue weighted by Crippen LogP contribution is 2.15. The van der Waals surface area contributed by atoms with E-state index in [9.17, 15) is 4.79 Å². The Bertz CT molecular complexity index is 329. The van der Waals surface area contributed by atoms with Gasteiger partial charge in [0.05, 0.1) is 0 Å². The quantitative estimate of drug-likeness (QED) is 0.538. The van der Waals surface area contributed by atoms with Gasteiger partial charge >= 0.3 is 0 Å². The van der Waals surface area contributed by atoms with Crippen molar-refractivity contribution in [2.75, 3.05) is 0 Å². The molecule has 0 amide bonds. The van der Waals surface area contributed by atoms with Crippen LogP contribution in [0.4, 0.5) is 0 Å². The molecule has 0 saturated heterocycles. The Hall–Kier alpha value is -1.09. The van der Waals surface area contributed by atoms with E-state index < -0.39 is 0 Å². The van der Waals surface area contributed by atoms with Gasteiger partial charge in [-0.15, -0.1) is 0 Å². The smallest absolute Gasteiger partial charge is 0.251 e. The highest BCUT2D eigenvalue weighted by Gasteiger charge is 2.19. The van der Waals surface area contributed by atoms with Crippen molar-refractivity contribution in [2.45, 2.75) is 18.9 Å². The summed E-state index contributed by atoms with van der Waals surface area (Å²) in [6.45, 7) is 0. The lowest BCUT2D eigenvalue weighted by molar-refractivity contribution is 0.719. The average Bonchev–Trinajstić information content (AvgIpc) is 2.31. The van der Waals surface area contributed by atoms with Crippen LogP contribution in [0.1, 0.15) is 11.1 Å². The van der Waals surface area contributed by atoms with Gasteiger partial charge in [0.25, 0.3) is 5.56 Å². The minimum absolute atomic E-state index is 0.0236. The van der Waals surface area contributed by atoms with Crippen LogP contribution >= 0.6 is 0 Å². The lowest BCUT2D eigenvalue weighted by Gasteiger charge is -1.94. The number of rotatable bonds is 0. The van der Waals surface area contributed by atoms with E-state index in [1.54, 1.807) is 6.20 Å². The molecule has 0 spiro atoms. The maximum atomic E-state index is 11.1. The summed E-state index contributed by atoms with van der Waals surface area (Å²) >= 11 is 0. The Labute approximate surface area is 64.2 Å². The molecule has 1 heterocycles. The lowest BCUT2D eigenvalue weighted by atomic mass is 10.2. The molecular weight excluding hydrogens is 140 g/mol. The van der Waals surface area contributed by atoms with E-state index in [0.29, 0.717) is 0 Å². The van der Waals surface area contributed by atoms with Crippen LogP contribution in [-0.4, -0.2) is 11.0 Å². The summed E-state index contributed by atoms with van der Waals surface area (Å²) in [6.07, 6.45) is 3.25. The van der Waals surface area contributed by atoms with Crippen molar-refractivity contribution >= 4 is 0 Å². The second kappa shape index (κ2) is 2.20. The van der Waals surface area contributed by atoms with Crippen LogP contribution < -0.4 is 11.3 Å². The summed E-state index contributed by atoms with van der Waals surface area (Å²) < 4.78 is 0. The molecule has 58 valence electrons. The number of aromatic nitrogens is 1. The van der Waals surface area contributed by atoms with Gasteiger partial charge in [0.2, 0.25) is 0 Å². The molecule has 1 atom stereocenters. The van der Waals surface area contributed by atoms with Crippen molar-refractivity contribution in [3.05, 3.63) is 33.7 Å². The molecule has 0 aromatic carbocycles. The zero-order valence-corrected chi connectivity index (χ0v) is 6.13. The van der Waals surface area contributed by atoms with E-state index in [2.05, 4.69) is 4.98 Å². The van der Waals surface area contributed by atoms with Crippen molar-refractivity contribution in [3.63, 3.8) is 0 Å². The standard InChI is InChI=1S/C8H10N2O/c9-6-3-5-1-2-10-8(11)7(5)4-6/h1-2,6H,3-4,9H2,(H,10,11)/t6-/m0/s1. The first-order chi connectivity index (χ1) is 5.27. The lowest BCUT2D eigenvalue weighted by Crippen LogP contribution is -2.20. The first kappa shape index (κ1) is 6.61. The summed E-state index contributed by atoms with van der Waals surface area (Å²) in [5.74, 6) is 0. The monoisotopic (exact) mass is 150 g/mol. The zero-order chi connectivity index (χ0) is 7.84. The molecule has 1 aliphatic carbocycles. The summed E-state index contributed by atoms with van der Waals surface area (Å²) in [4.78, 5) is 13.8. The molecule has 3 N–H and O–H groups in total. The molecule has 0 aliphatic heterocycles. The third-order valence-electron chi connectivity index (χ3n) is 2.11. The van der Waals surface area contributed by atoms with E-state index in [4.69, 9.17) is 5.73 Å². The van der Waals surface area contributed by atoms with Crippen molar-refractivity contribution in [1.29, 1.82) is 0 Å². The number of hydrogen-bond acceptors (Lipinski definition) is 2. The largest absolute Gasteiger partial charge is 0.329 e. The minimum atomic E-state index is 0.0236. The molecule has 3 heteroatoms. The maximum Gasteiger partial charge on any atom is 0.251 e. The zero-order valence-electron chi connectivity index (χ0n) is 6.13. The number of pyridine rings is 1. The highest BCUT2D eigenvalue weighted by atomic mass is 16.1. The van der Waals surface area contributed by atoms with E-state index in [0.717, 1.165) is 24.0 Å². The van der Waals surface area contributed by atoms with E-state index >= 15 is 0 Å². The predicted molar refractivity (Wildman–Crippen MR) is 42.4 cm³/mol. The molecule has 1 aromatic rings. The Morgan fingerprint density at radius 3 is 3.09 bits per heavy atom. The Morgan fingerprint density at radius 1 is 1.55 bits per heavy atom. The van der Waals surface area contributed by atoms with Gasteiger partial charge < -0.3 is 10.7 Å². The molecule has 0 radical (unpaired) electrons. The molecule has 0 bridgehead atoms.